The SMILES string of the molecule is C[SiH]1O[SiH2]O[Si](C)(O)O[Si](C)(C)O1. The van der Waals surface area contributed by atoms with E-state index in [0.717, 1.165) is 0 Å². The van der Waals surface area contributed by atoms with Crippen molar-refractivity contribution in [3.05, 3.63) is 0 Å². The Hall–Kier alpha value is 0.668. The summed E-state index contributed by atoms with van der Waals surface area (Å²) in [4.78, 5) is 9.72. The molecule has 2 atom stereocenters. The van der Waals surface area contributed by atoms with Crippen molar-refractivity contribution >= 4 is 36.7 Å². The van der Waals surface area contributed by atoms with E-state index >= 15 is 0 Å². The van der Waals surface area contributed by atoms with Crippen molar-refractivity contribution in [2.75, 3.05) is 0 Å². The van der Waals surface area contributed by atoms with Crippen LogP contribution in [0.1, 0.15) is 0 Å². The van der Waals surface area contributed by atoms with E-state index in [1.165, 1.54) is 0 Å². The summed E-state index contributed by atoms with van der Waals surface area (Å²) in [6.07, 6.45) is 0. The van der Waals surface area contributed by atoms with Crippen LogP contribution in [-0.2, 0) is 16.5 Å². The van der Waals surface area contributed by atoms with Crippen LogP contribution in [0.25, 0.3) is 0 Å². The molecule has 0 aromatic heterocycles. The van der Waals surface area contributed by atoms with Crippen LogP contribution in [0.4, 0.5) is 0 Å². The molecule has 0 spiro atoms. The lowest BCUT2D eigenvalue weighted by molar-refractivity contribution is 0.202. The second-order valence-corrected chi connectivity index (χ2v) is 13.7. The fraction of sp³-hybridized carbons (Fsp3) is 1.00. The van der Waals surface area contributed by atoms with Crippen LogP contribution in [0.3, 0.4) is 0 Å². The summed E-state index contributed by atoms with van der Waals surface area (Å²) in [7, 11) is -7.84. The van der Waals surface area contributed by atoms with Gasteiger partial charge in [0, 0.05) is 6.55 Å². The molecule has 5 nitrogen and oxygen atoms in total. The Bertz CT molecular complexity index is 185. The van der Waals surface area contributed by atoms with Crippen molar-refractivity contribution in [3.63, 3.8) is 0 Å². The average Bonchev–Trinajstić information content (AvgIpc) is 1.78. The molecule has 0 aliphatic carbocycles. The molecule has 1 heterocycles. The van der Waals surface area contributed by atoms with Gasteiger partial charge >= 0.3 is 17.4 Å². The van der Waals surface area contributed by atoms with Gasteiger partial charge in [0.1, 0.15) is 0 Å². The zero-order valence-corrected chi connectivity index (χ0v) is 12.9. The molecule has 1 aliphatic heterocycles. The summed E-state index contributed by atoms with van der Waals surface area (Å²) in [5.41, 5.74) is 0. The van der Waals surface area contributed by atoms with Gasteiger partial charge in [-0.15, -0.1) is 0 Å². The standard InChI is InChI=1S/C4H16O5Si4/c1-11-6-10-7-13(4,5)9-12(2,3)8-11/h5,11H,10H2,1-4H3. The molecule has 1 saturated heterocycles. The second kappa shape index (κ2) is 4.04. The Morgan fingerprint density at radius 2 is 1.92 bits per heavy atom. The molecule has 0 amide bonds. The maximum Gasteiger partial charge on any atom is 0.476 e. The molecule has 78 valence electrons. The first-order valence-electron chi connectivity index (χ1n) is 4.17. The van der Waals surface area contributed by atoms with Gasteiger partial charge in [0.2, 0.25) is 0 Å². The van der Waals surface area contributed by atoms with Crippen molar-refractivity contribution in [2.24, 2.45) is 0 Å². The average molecular weight is 257 g/mol. The largest absolute Gasteiger partial charge is 0.476 e. The third-order valence-corrected chi connectivity index (χ3v) is 13.6. The lowest BCUT2D eigenvalue weighted by Crippen LogP contribution is -2.56. The van der Waals surface area contributed by atoms with Crippen LogP contribution in [0, 0.1) is 0 Å². The molecule has 0 radical (unpaired) electrons. The highest BCUT2D eigenvalue weighted by molar-refractivity contribution is 6.82. The van der Waals surface area contributed by atoms with Gasteiger partial charge in [-0.25, -0.2) is 0 Å². The van der Waals surface area contributed by atoms with E-state index in [0.29, 0.717) is 0 Å². The first-order chi connectivity index (χ1) is 5.81. The van der Waals surface area contributed by atoms with E-state index in [9.17, 15) is 4.80 Å². The fourth-order valence-electron chi connectivity index (χ4n) is 1.18. The van der Waals surface area contributed by atoms with E-state index in [-0.39, 0.29) is 0 Å². The maximum atomic E-state index is 9.72. The Morgan fingerprint density at radius 1 is 1.31 bits per heavy atom. The highest BCUT2D eigenvalue weighted by Crippen LogP contribution is 2.17. The molecule has 0 bridgehead atoms. The molecular formula is C4H16O5Si4. The Kier molecular flexibility index (Phi) is 3.65. The first-order valence-corrected chi connectivity index (χ1v) is 12.5. The summed E-state index contributed by atoms with van der Waals surface area (Å²) in [6, 6.07) is 0. The summed E-state index contributed by atoms with van der Waals surface area (Å²) in [5, 5.41) is 0. The van der Waals surface area contributed by atoms with E-state index < -0.39 is 36.7 Å². The van der Waals surface area contributed by atoms with Gasteiger partial charge in [-0.3, -0.25) is 0 Å². The van der Waals surface area contributed by atoms with Gasteiger partial charge in [-0.05, 0) is 19.6 Å². The minimum absolute atomic E-state index is 1.10. The van der Waals surface area contributed by atoms with Gasteiger partial charge in [0.15, 0.2) is 0 Å². The van der Waals surface area contributed by atoms with Crippen molar-refractivity contribution < 1.29 is 21.3 Å². The summed E-state index contributed by atoms with van der Waals surface area (Å²) >= 11 is 0. The molecule has 1 aliphatic rings. The molecule has 1 N–H and O–H groups in total. The van der Waals surface area contributed by atoms with Gasteiger partial charge in [0.05, 0.1) is 0 Å². The molecule has 0 aromatic carbocycles. The van der Waals surface area contributed by atoms with Crippen LogP contribution >= 0.6 is 0 Å². The van der Waals surface area contributed by atoms with Crippen molar-refractivity contribution in [2.45, 2.75) is 26.2 Å². The molecular weight excluding hydrogens is 240 g/mol. The van der Waals surface area contributed by atoms with Crippen molar-refractivity contribution in [1.29, 1.82) is 0 Å². The van der Waals surface area contributed by atoms with Gasteiger partial charge in [-0.2, -0.15) is 0 Å². The minimum atomic E-state index is -2.94. The molecule has 2 unspecified atom stereocenters. The third-order valence-electron chi connectivity index (χ3n) is 1.51. The Labute approximate surface area is 84.5 Å². The molecule has 9 heteroatoms. The zero-order chi connectivity index (χ0) is 10.1. The first kappa shape index (κ1) is 11.7. The lowest BCUT2D eigenvalue weighted by Gasteiger charge is -2.35. The molecule has 1 rings (SSSR count). The lowest BCUT2D eigenvalue weighted by atomic mass is 11.9. The summed E-state index contributed by atoms with van der Waals surface area (Å²) in [5.74, 6) is 0. The molecule has 0 saturated carbocycles. The highest BCUT2D eigenvalue weighted by atomic mass is 28.5. The monoisotopic (exact) mass is 256 g/mol. The smallest absolute Gasteiger partial charge is 0.423 e. The van der Waals surface area contributed by atoms with E-state index in [1.54, 1.807) is 6.55 Å². The summed E-state index contributed by atoms with van der Waals surface area (Å²) < 4.78 is 21.9. The third kappa shape index (κ3) is 4.14. The van der Waals surface area contributed by atoms with E-state index in [2.05, 4.69) is 0 Å². The molecule has 13 heavy (non-hydrogen) atoms. The van der Waals surface area contributed by atoms with E-state index in [1.807, 2.05) is 19.6 Å². The fourth-order valence-corrected chi connectivity index (χ4v) is 12.8. The predicted molar refractivity (Wildman–Crippen MR) is 57.2 cm³/mol. The highest BCUT2D eigenvalue weighted by Gasteiger charge is 2.42. The van der Waals surface area contributed by atoms with Gasteiger partial charge in [-0.1, -0.05) is 0 Å². The topological polar surface area (TPSA) is 57.2 Å². The number of hydrogen-bond donors (Lipinski definition) is 1. The second-order valence-electron chi connectivity index (χ2n) is 3.51. The quantitative estimate of drug-likeness (QED) is 0.574. The number of hydrogen-bond acceptors (Lipinski definition) is 5. The van der Waals surface area contributed by atoms with Crippen molar-refractivity contribution in [1.82, 2.24) is 0 Å². The Balaban J connectivity index is 2.65. The summed E-state index contributed by atoms with van der Waals surface area (Å²) in [6.45, 7) is 7.37. The number of rotatable bonds is 0. The van der Waals surface area contributed by atoms with Crippen LogP contribution in [-0.4, -0.2) is 41.5 Å². The minimum Gasteiger partial charge on any atom is -0.423 e. The normalized spacial score (nSPS) is 42.7. The van der Waals surface area contributed by atoms with Crippen LogP contribution in [0.15, 0.2) is 0 Å². The van der Waals surface area contributed by atoms with Crippen LogP contribution < -0.4 is 0 Å². The van der Waals surface area contributed by atoms with Crippen LogP contribution in [0.5, 0.6) is 0 Å². The van der Waals surface area contributed by atoms with Crippen molar-refractivity contribution in [3.8, 4) is 0 Å². The Morgan fingerprint density at radius 3 is 2.54 bits per heavy atom. The zero-order valence-electron chi connectivity index (χ0n) is 8.36. The maximum absolute atomic E-state index is 9.72. The van der Waals surface area contributed by atoms with Gasteiger partial charge in [0.25, 0.3) is 19.3 Å². The molecule has 1 fully saturated rings. The molecule has 0 aromatic rings. The van der Waals surface area contributed by atoms with Gasteiger partial charge < -0.3 is 21.3 Å². The predicted octanol–water partition coefficient (Wildman–Crippen LogP) is -0.822. The van der Waals surface area contributed by atoms with E-state index in [4.69, 9.17) is 16.5 Å². The van der Waals surface area contributed by atoms with Crippen LogP contribution in [0.2, 0.25) is 26.2 Å².